The molecule has 0 saturated carbocycles. The van der Waals surface area contributed by atoms with Gasteiger partial charge in [-0.2, -0.15) is 0 Å². The summed E-state index contributed by atoms with van der Waals surface area (Å²) in [5.41, 5.74) is 0.0681. The lowest BCUT2D eigenvalue weighted by molar-refractivity contribution is -0.385. The van der Waals surface area contributed by atoms with Gasteiger partial charge in [-0.05, 0) is 19.9 Å². The molecule has 7 nitrogen and oxygen atoms in total. The molecule has 0 spiro atoms. The number of phenolic OH excluding ortho intramolecular Hbond substituents is 1. The van der Waals surface area contributed by atoms with Crippen LogP contribution in [-0.4, -0.2) is 20.9 Å². The minimum absolute atomic E-state index is 0.136. The van der Waals surface area contributed by atoms with Crippen molar-refractivity contribution in [2.45, 2.75) is 19.9 Å². The smallest absolute Gasteiger partial charge is 0.311 e. The van der Waals surface area contributed by atoms with Crippen LogP contribution < -0.4 is 5.32 Å². The predicted octanol–water partition coefficient (Wildman–Crippen LogP) is 2.56. The Morgan fingerprint density at radius 1 is 1.52 bits per heavy atom. The first-order valence-corrected chi connectivity index (χ1v) is 6.97. The fourth-order valence-electron chi connectivity index (χ4n) is 1.79. The zero-order valence-corrected chi connectivity index (χ0v) is 12.2. The number of aromatic nitrogens is 1. The van der Waals surface area contributed by atoms with Crippen molar-refractivity contribution in [2.24, 2.45) is 0 Å². The molecule has 8 heteroatoms. The summed E-state index contributed by atoms with van der Waals surface area (Å²) in [5.74, 6) is -1.23. The lowest BCUT2D eigenvalue weighted by Gasteiger charge is -2.12. The average Bonchev–Trinajstić information content (AvgIpc) is 2.85. The van der Waals surface area contributed by atoms with E-state index in [2.05, 4.69) is 10.3 Å². The summed E-state index contributed by atoms with van der Waals surface area (Å²) in [5, 5.41) is 25.9. The van der Waals surface area contributed by atoms with E-state index in [-0.39, 0.29) is 11.6 Å². The van der Waals surface area contributed by atoms with E-state index < -0.39 is 22.3 Å². The normalized spacial score (nSPS) is 11.9. The first kappa shape index (κ1) is 14.9. The highest BCUT2D eigenvalue weighted by molar-refractivity contribution is 7.09. The number of nitrogens with one attached hydrogen (secondary N) is 1. The second-order valence-electron chi connectivity index (χ2n) is 4.42. The van der Waals surface area contributed by atoms with Gasteiger partial charge in [0.2, 0.25) is 5.75 Å². The van der Waals surface area contributed by atoms with E-state index in [9.17, 15) is 20.0 Å². The van der Waals surface area contributed by atoms with Crippen LogP contribution >= 0.6 is 11.3 Å². The Kier molecular flexibility index (Phi) is 4.18. The SMILES string of the molecule is Cc1nc(C(C)NC(=O)c2cccc([N+](=O)[O-])c2O)cs1. The number of nitro groups is 1. The molecule has 1 heterocycles. The van der Waals surface area contributed by atoms with Gasteiger partial charge in [-0.1, -0.05) is 6.07 Å². The number of aryl methyl sites for hydroxylation is 1. The van der Waals surface area contributed by atoms with Crippen molar-refractivity contribution in [3.8, 4) is 5.75 Å². The third kappa shape index (κ3) is 3.16. The van der Waals surface area contributed by atoms with Gasteiger partial charge in [0.05, 0.1) is 27.2 Å². The molecule has 0 radical (unpaired) electrons. The number of rotatable bonds is 4. The van der Waals surface area contributed by atoms with Gasteiger partial charge in [0.15, 0.2) is 0 Å². The lowest BCUT2D eigenvalue weighted by Crippen LogP contribution is -2.27. The highest BCUT2D eigenvalue weighted by Gasteiger charge is 2.22. The van der Waals surface area contributed by atoms with Crippen molar-refractivity contribution in [3.05, 3.63) is 50.0 Å². The van der Waals surface area contributed by atoms with Crippen molar-refractivity contribution in [1.82, 2.24) is 10.3 Å². The number of nitro benzene ring substituents is 1. The molecule has 1 amide bonds. The number of benzene rings is 1. The Hall–Kier alpha value is -2.48. The molecule has 0 saturated heterocycles. The van der Waals surface area contributed by atoms with Crippen molar-refractivity contribution in [2.75, 3.05) is 0 Å². The second kappa shape index (κ2) is 5.88. The van der Waals surface area contributed by atoms with E-state index in [0.29, 0.717) is 5.69 Å². The fourth-order valence-corrected chi connectivity index (χ4v) is 2.50. The summed E-state index contributed by atoms with van der Waals surface area (Å²) >= 11 is 1.46. The number of carbonyl (C=O) groups is 1. The summed E-state index contributed by atoms with van der Waals surface area (Å²) in [6.45, 7) is 3.61. The third-order valence-electron chi connectivity index (χ3n) is 2.88. The van der Waals surface area contributed by atoms with Crippen molar-refractivity contribution in [3.63, 3.8) is 0 Å². The van der Waals surface area contributed by atoms with E-state index in [0.717, 1.165) is 11.1 Å². The summed E-state index contributed by atoms with van der Waals surface area (Å²) in [6.07, 6.45) is 0. The maximum atomic E-state index is 12.1. The Bertz CT molecular complexity index is 698. The average molecular weight is 307 g/mol. The zero-order valence-electron chi connectivity index (χ0n) is 11.4. The van der Waals surface area contributed by atoms with Crippen LogP contribution in [0.1, 0.15) is 34.0 Å². The molecule has 0 aliphatic heterocycles. The molecule has 110 valence electrons. The topological polar surface area (TPSA) is 105 Å². The molecule has 2 aromatic rings. The van der Waals surface area contributed by atoms with Crippen LogP contribution in [-0.2, 0) is 0 Å². The summed E-state index contributed by atoms with van der Waals surface area (Å²) < 4.78 is 0. The molecule has 1 aromatic carbocycles. The number of hydrogen-bond donors (Lipinski definition) is 2. The summed E-state index contributed by atoms with van der Waals surface area (Å²) in [7, 11) is 0. The minimum atomic E-state index is -0.737. The lowest BCUT2D eigenvalue weighted by atomic mass is 10.1. The monoisotopic (exact) mass is 307 g/mol. The molecule has 21 heavy (non-hydrogen) atoms. The first-order valence-electron chi connectivity index (χ1n) is 6.09. The Morgan fingerprint density at radius 3 is 2.81 bits per heavy atom. The third-order valence-corrected chi connectivity index (χ3v) is 3.68. The van der Waals surface area contributed by atoms with Crippen LogP contribution in [0.25, 0.3) is 0 Å². The van der Waals surface area contributed by atoms with E-state index in [1.165, 1.54) is 23.5 Å². The van der Waals surface area contributed by atoms with E-state index in [4.69, 9.17) is 0 Å². The second-order valence-corrected chi connectivity index (χ2v) is 5.48. The molecule has 0 fully saturated rings. The molecule has 0 aliphatic carbocycles. The number of carbonyl (C=O) groups excluding carboxylic acids is 1. The van der Waals surface area contributed by atoms with E-state index >= 15 is 0 Å². The molecule has 0 aliphatic rings. The quantitative estimate of drug-likeness (QED) is 0.667. The summed E-state index contributed by atoms with van der Waals surface area (Å²) in [6, 6.07) is 3.46. The molecule has 1 atom stereocenters. The number of thiazole rings is 1. The largest absolute Gasteiger partial charge is 0.502 e. The first-order chi connectivity index (χ1) is 9.90. The Morgan fingerprint density at radius 2 is 2.24 bits per heavy atom. The molecule has 2 N–H and O–H groups in total. The van der Waals surface area contributed by atoms with Crippen LogP contribution in [0, 0.1) is 17.0 Å². The number of phenols is 1. The molecule has 1 unspecified atom stereocenters. The van der Waals surface area contributed by atoms with Gasteiger partial charge in [-0.25, -0.2) is 4.98 Å². The van der Waals surface area contributed by atoms with Crippen LogP contribution in [0.5, 0.6) is 5.75 Å². The Balaban J connectivity index is 2.21. The van der Waals surface area contributed by atoms with Crippen LogP contribution in [0.3, 0.4) is 0 Å². The maximum Gasteiger partial charge on any atom is 0.311 e. The van der Waals surface area contributed by atoms with Gasteiger partial charge >= 0.3 is 5.69 Å². The molecular weight excluding hydrogens is 294 g/mol. The predicted molar refractivity (Wildman–Crippen MR) is 77.5 cm³/mol. The minimum Gasteiger partial charge on any atom is -0.502 e. The van der Waals surface area contributed by atoms with Gasteiger partial charge < -0.3 is 10.4 Å². The number of para-hydroxylation sites is 1. The fraction of sp³-hybridized carbons (Fsp3) is 0.231. The number of amides is 1. The zero-order chi connectivity index (χ0) is 15.6. The standard InChI is InChI=1S/C13H13N3O4S/c1-7(10-6-21-8(2)15-10)14-13(18)9-4-3-5-11(12(9)17)16(19)20/h3-7,17H,1-2H3,(H,14,18). The Labute approximate surface area is 124 Å². The van der Waals surface area contributed by atoms with E-state index in [1.807, 2.05) is 12.3 Å². The van der Waals surface area contributed by atoms with Crippen LogP contribution in [0.2, 0.25) is 0 Å². The molecule has 0 bridgehead atoms. The molecule has 1 aromatic heterocycles. The van der Waals surface area contributed by atoms with Gasteiger partial charge in [0.25, 0.3) is 5.91 Å². The number of aromatic hydroxyl groups is 1. The van der Waals surface area contributed by atoms with Crippen molar-refractivity contribution >= 4 is 22.9 Å². The number of hydrogen-bond acceptors (Lipinski definition) is 6. The maximum absolute atomic E-state index is 12.1. The van der Waals surface area contributed by atoms with Gasteiger partial charge in [-0.15, -0.1) is 11.3 Å². The summed E-state index contributed by atoms with van der Waals surface area (Å²) in [4.78, 5) is 26.4. The van der Waals surface area contributed by atoms with Crippen molar-refractivity contribution < 1.29 is 14.8 Å². The van der Waals surface area contributed by atoms with E-state index in [1.54, 1.807) is 6.92 Å². The highest BCUT2D eigenvalue weighted by Crippen LogP contribution is 2.29. The highest BCUT2D eigenvalue weighted by atomic mass is 32.1. The van der Waals surface area contributed by atoms with Crippen LogP contribution in [0.4, 0.5) is 5.69 Å². The molecular formula is C13H13N3O4S. The molecule has 2 rings (SSSR count). The van der Waals surface area contributed by atoms with Crippen LogP contribution in [0.15, 0.2) is 23.6 Å². The van der Waals surface area contributed by atoms with Gasteiger partial charge in [-0.3, -0.25) is 14.9 Å². The van der Waals surface area contributed by atoms with Gasteiger partial charge in [0.1, 0.15) is 0 Å². The van der Waals surface area contributed by atoms with Gasteiger partial charge in [0, 0.05) is 11.4 Å². The number of nitrogens with zero attached hydrogens (tertiary/aromatic N) is 2. The van der Waals surface area contributed by atoms with Crippen molar-refractivity contribution in [1.29, 1.82) is 0 Å².